The van der Waals surface area contributed by atoms with E-state index >= 15 is 0 Å². The van der Waals surface area contributed by atoms with Crippen LogP contribution in [-0.4, -0.2) is 12.6 Å². The molecule has 1 aliphatic rings. The number of hydrogen-bond acceptors (Lipinski definition) is 2. The van der Waals surface area contributed by atoms with Crippen molar-refractivity contribution in [1.82, 2.24) is 0 Å². The molecule has 1 aliphatic heterocycles. The first-order chi connectivity index (χ1) is 4.30. The van der Waals surface area contributed by atoms with Gasteiger partial charge in [0.25, 0.3) is 0 Å². The number of carbonyl (C=O) groups is 1. The van der Waals surface area contributed by atoms with Gasteiger partial charge in [0.15, 0.2) is 0 Å². The lowest BCUT2D eigenvalue weighted by Gasteiger charge is -2.02. The summed E-state index contributed by atoms with van der Waals surface area (Å²) in [6.45, 7) is 2.55. The highest BCUT2D eigenvalue weighted by Gasteiger charge is 2.16. The molecule has 1 saturated heterocycles. The molecule has 2 heteroatoms. The molecule has 1 rings (SSSR count). The van der Waals surface area contributed by atoms with Gasteiger partial charge in [-0.1, -0.05) is 6.92 Å². The molecule has 0 saturated carbocycles. The molecule has 0 aromatic heterocycles. The Bertz CT molecular complexity index is 109. The van der Waals surface area contributed by atoms with Crippen LogP contribution >= 0.6 is 0 Å². The monoisotopic (exact) mass is 128 g/mol. The van der Waals surface area contributed by atoms with E-state index in [1.807, 2.05) is 6.92 Å². The van der Waals surface area contributed by atoms with E-state index in [0.717, 1.165) is 19.3 Å². The summed E-state index contributed by atoms with van der Waals surface area (Å²) >= 11 is 0. The molecule has 0 aliphatic carbocycles. The lowest BCUT2D eigenvalue weighted by molar-refractivity contribution is -0.146. The maximum absolute atomic E-state index is 10.8. The van der Waals surface area contributed by atoms with Crippen LogP contribution in [0.3, 0.4) is 0 Å². The van der Waals surface area contributed by atoms with Crippen molar-refractivity contribution in [2.75, 3.05) is 6.61 Å². The summed E-state index contributed by atoms with van der Waals surface area (Å²) in [5.41, 5.74) is 0. The van der Waals surface area contributed by atoms with Crippen LogP contribution in [-0.2, 0) is 9.53 Å². The number of esters is 1. The summed E-state index contributed by atoms with van der Waals surface area (Å²) in [6, 6.07) is 0. The maximum atomic E-state index is 10.8. The maximum Gasteiger partial charge on any atom is 0.308 e. The normalized spacial score (nSPS) is 29.0. The molecule has 0 bridgehead atoms. The fourth-order valence-electron chi connectivity index (χ4n) is 0.985. The van der Waals surface area contributed by atoms with Crippen LogP contribution in [0.4, 0.5) is 0 Å². The number of hydrogen-bond donors (Lipinski definition) is 0. The van der Waals surface area contributed by atoms with Crippen LogP contribution in [0.1, 0.15) is 26.2 Å². The van der Waals surface area contributed by atoms with E-state index < -0.39 is 0 Å². The highest BCUT2D eigenvalue weighted by Crippen LogP contribution is 2.13. The van der Waals surface area contributed by atoms with E-state index in [4.69, 9.17) is 4.74 Å². The van der Waals surface area contributed by atoms with Gasteiger partial charge in [0, 0.05) is 0 Å². The molecule has 2 nitrogen and oxygen atoms in total. The van der Waals surface area contributed by atoms with Gasteiger partial charge >= 0.3 is 5.97 Å². The Labute approximate surface area is 55.2 Å². The van der Waals surface area contributed by atoms with Crippen molar-refractivity contribution in [3.05, 3.63) is 0 Å². The van der Waals surface area contributed by atoms with Crippen molar-refractivity contribution < 1.29 is 9.53 Å². The first kappa shape index (κ1) is 6.59. The van der Waals surface area contributed by atoms with Crippen molar-refractivity contribution in [1.29, 1.82) is 0 Å². The van der Waals surface area contributed by atoms with Crippen LogP contribution in [0.25, 0.3) is 0 Å². The molecule has 1 fully saturated rings. The molecule has 0 amide bonds. The molecule has 0 unspecified atom stereocenters. The summed E-state index contributed by atoms with van der Waals surface area (Å²) in [5, 5.41) is 0. The van der Waals surface area contributed by atoms with Gasteiger partial charge in [-0.3, -0.25) is 4.79 Å². The topological polar surface area (TPSA) is 26.3 Å². The van der Waals surface area contributed by atoms with Gasteiger partial charge < -0.3 is 4.74 Å². The molecular formula is C7H12O2. The minimum Gasteiger partial charge on any atom is -0.465 e. The number of carbonyl (C=O) groups excluding carboxylic acids is 1. The van der Waals surface area contributed by atoms with Crippen molar-refractivity contribution in [3.8, 4) is 0 Å². The number of rotatable bonds is 0. The smallest absolute Gasteiger partial charge is 0.308 e. The summed E-state index contributed by atoms with van der Waals surface area (Å²) in [5.74, 6) is 0.111. The van der Waals surface area contributed by atoms with Gasteiger partial charge in [0.05, 0.1) is 12.5 Å². The molecule has 1 atom stereocenters. The molecule has 52 valence electrons. The predicted molar refractivity (Wildman–Crippen MR) is 34.0 cm³/mol. The summed E-state index contributed by atoms with van der Waals surface area (Å²) in [6.07, 6.45) is 3.17. The fraction of sp³-hybridized carbons (Fsp3) is 0.857. The van der Waals surface area contributed by atoms with Crippen LogP contribution < -0.4 is 0 Å². The number of ether oxygens (including phenoxy) is 1. The quantitative estimate of drug-likeness (QED) is 0.460. The second-order valence-corrected chi connectivity index (χ2v) is 2.56. The largest absolute Gasteiger partial charge is 0.465 e. The Morgan fingerprint density at radius 1 is 1.56 bits per heavy atom. The Morgan fingerprint density at radius 3 is 3.11 bits per heavy atom. The minimum atomic E-state index is -0.0208. The van der Waals surface area contributed by atoms with E-state index in [-0.39, 0.29) is 11.9 Å². The van der Waals surface area contributed by atoms with Crippen molar-refractivity contribution in [2.24, 2.45) is 5.92 Å². The van der Waals surface area contributed by atoms with Gasteiger partial charge in [-0.25, -0.2) is 0 Å². The molecule has 0 spiro atoms. The first-order valence-electron chi connectivity index (χ1n) is 3.47. The SMILES string of the molecule is C[C@H]1CCCCOC1=O. The van der Waals surface area contributed by atoms with Gasteiger partial charge in [0.1, 0.15) is 0 Å². The van der Waals surface area contributed by atoms with Crippen LogP contribution in [0.2, 0.25) is 0 Å². The number of cyclic esters (lactones) is 1. The lowest BCUT2D eigenvalue weighted by atomic mass is 10.1. The van der Waals surface area contributed by atoms with Gasteiger partial charge in [0.2, 0.25) is 0 Å². The average Bonchev–Trinajstić information content (AvgIpc) is 1.99. The molecule has 0 aromatic carbocycles. The molecular weight excluding hydrogens is 116 g/mol. The zero-order valence-electron chi connectivity index (χ0n) is 5.72. The zero-order chi connectivity index (χ0) is 6.69. The molecule has 1 heterocycles. The highest BCUT2D eigenvalue weighted by molar-refractivity contribution is 5.72. The van der Waals surface area contributed by atoms with Gasteiger partial charge in [-0.2, -0.15) is 0 Å². The van der Waals surface area contributed by atoms with Crippen molar-refractivity contribution >= 4 is 5.97 Å². The van der Waals surface area contributed by atoms with Crippen molar-refractivity contribution in [2.45, 2.75) is 26.2 Å². The lowest BCUT2D eigenvalue weighted by Crippen LogP contribution is -2.11. The zero-order valence-corrected chi connectivity index (χ0v) is 5.72. The van der Waals surface area contributed by atoms with Gasteiger partial charge in [-0.05, 0) is 19.3 Å². The predicted octanol–water partition coefficient (Wildman–Crippen LogP) is 1.35. The third-order valence-corrected chi connectivity index (χ3v) is 1.68. The third kappa shape index (κ3) is 1.70. The standard InChI is InChI=1S/C7H12O2/c1-6-4-2-3-5-9-7(6)8/h6H,2-5H2,1H3/t6-/m0/s1. The van der Waals surface area contributed by atoms with E-state index in [2.05, 4.69) is 0 Å². The second-order valence-electron chi connectivity index (χ2n) is 2.56. The molecule has 0 N–H and O–H groups in total. The second kappa shape index (κ2) is 2.85. The van der Waals surface area contributed by atoms with Crippen LogP contribution in [0.5, 0.6) is 0 Å². The minimum absolute atomic E-state index is 0.0208. The Hall–Kier alpha value is -0.530. The Morgan fingerprint density at radius 2 is 2.33 bits per heavy atom. The van der Waals surface area contributed by atoms with E-state index in [1.165, 1.54) is 0 Å². The van der Waals surface area contributed by atoms with Gasteiger partial charge in [-0.15, -0.1) is 0 Å². The molecule has 0 radical (unpaired) electrons. The molecule has 0 aromatic rings. The highest BCUT2D eigenvalue weighted by atomic mass is 16.5. The summed E-state index contributed by atoms with van der Waals surface area (Å²) < 4.78 is 4.88. The third-order valence-electron chi connectivity index (χ3n) is 1.68. The summed E-state index contributed by atoms with van der Waals surface area (Å²) in [7, 11) is 0. The Kier molecular flexibility index (Phi) is 2.09. The van der Waals surface area contributed by atoms with Crippen LogP contribution in [0.15, 0.2) is 0 Å². The van der Waals surface area contributed by atoms with Crippen molar-refractivity contribution in [3.63, 3.8) is 0 Å². The van der Waals surface area contributed by atoms with E-state index in [0.29, 0.717) is 6.61 Å². The molecule has 9 heavy (non-hydrogen) atoms. The van der Waals surface area contributed by atoms with Crippen LogP contribution in [0, 0.1) is 5.92 Å². The fourth-order valence-corrected chi connectivity index (χ4v) is 0.985. The van der Waals surface area contributed by atoms with E-state index in [1.54, 1.807) is 0 Å². The average molecular weight is 128 g/mol. The van der Waals surface area contributed by atoms with E-state index in [9.17, 15) is 4.79 Å². The first-order valence-corrected chi connectivity index (χ1v) is 3.47. The summed E-state index contributed by atoms with van der Waals surface area (Å²) in [4.78, 5) is 10.8. The Balaban J connectivity index is 2.41.